The Morgan fingerprint density at radius 1 is 1.10 bits per heavy atom. The minimum Gasteiger partial charge on any atom is -0.497 e. The number of methoxy groups -OCH3 is 2. The number of fused-ring (bicyclic) bond motifs is 1. The Hall–Kier alpha value is -2.69. The summed E-state index contributed by atoms with van der Waals surface area (Å²) in [6.45, 7) is 0.556. The van der Waals surface area contributed by atoms with Crippen molar-refractivity contribution in [1.82, 2.24) is 4.98 Å². The second kappa shape index (κ2) is 5.75. The van der Waals surface area contributed by atoms with E-state index in [1.165, 1.54) is 0 Å². The molecule has 3 rings (SSSR count). The van der Waals surface area contributed by atoms with Crippen molar-refractivity contribution in [1.29, 1.82) is 0 Å². The van der Waals surface area contributed by atoms with Gasteiger partial charge in [-0.25, -0.2) is 0 Å². The quantitative estimate of drug-likeness (QED) is 0.777. The largest absolute Gasteiger partial charge is 0.497 e. The molecule has 2 aromatic carbocycles. The predicted molar refractivity (Wildman–Crippen MR) is 80.9 cm³/mol. The fourth-order valence-corrected chi connectivity index (χ4v) is 2.12. The van der Waals surface area contributed by atoms with E-state index in [2.05, 4.69) is 10.3 Å². The van der Waals surface area contributed by atoms with E-state index in [1.807, 2.05) is 42.5 Å². The Morgan fingerprint density at radius 2 is 1.95 bits per heavy atom. The van der Waals surface area contributed by atoms with Crippen LogP contribution in [0.5, 0.6) is 11.5 Å². The second-order valence-corrected chi connectivity index (χ2v) is 4.52. The summed E-state index contributed by atoms with van der Waals surface area (Å²) in [4.78, 5) is 4.37. The molecule has 108 valence electrons. The van der Waals surface area contributed by atoms with Crippen molar-refractivity contribution >= 4 is 17.1 Å². The number of nitrogens with one attached hydrogen (secondary N) is 1. The van der Waals surface area contributed by atoms with Gasteiger partial charge in [0.25, 0.3) is 6.01 Å². The van der Waals surface area contributed by atoms with Crippen LogP contribution < -0.4 is 14.8 Å². The van der Waals surface area contributed by atoms with Crippen LogP contribution in [0, 0.1) is 0 Å². The van der Waals surface area contributed by atoms with E-state index >= 15 is 0 Å². The molecule has 0 bridgehead atoms. The van der Waals surface area contributed by atoms with Crippen molar-refractivity contribution < 1.29 is 13.9 Å². The first-order valence-electron chi connectivity index (χ1n) is 6.60. The summed E-state index contributed by atoms with van der Waals surface area (Å²) >= 11 is 0. The number of anilines is 1. The molecule has 0 saturated heterocycles. The average molecular weight is 284 g/mol. The monoisotopic (exact) mass is 284 g/mol. The maximum atomic E-state index is 5.62. The van der Waals surface area contributed by atoms with Crippen LogP contribution in [0.4, 0.5) is 6.01 Å². The van der Waals surface area contributed by atoms with Gasteiger partial charge >= 0.3 is 0 Å². The number of rotatable bonds is 5. The zero-order chi connectivity index (χ0) is 14.7. The molecule has 0 aliphatic rings. The van der Waals surface area contributed by atoms with Gasteiger partial charge in [-0.2, -0.15) is 4.98 Å². The zero-order valence-corrected chi connectivity index (χ0v) is 11.9. The Kier molecular flexibility index (Phi) is 3.64. The van der Waals surface area contributed by atoms with E-state index in [1.54, 1.807) is 14.2 Å². The third kappa shape index (κ3) is 2.76. The molecule has 1 aromatic heterocycles. The Labute approximate surface area is 122 Å². The molecule has 1 N–H and O–H groups in total. The van der Waals surface area contributed by atoms with Crippen LogP contribution in [0.2, 0.25) is 0 Å². The lowest BCUT2D eigenvalue weighted by Crippen LogP contribution is -2.02. The van der Waals surface area contributed by atoms with Crippen LogP contribution in [0.3, 0.4) is 0 Å². The Balaban J connectivity index is 1.77. The number of para-hydroxylation sites is 2. The highest BCUT2D eigenvalue weighted by atomic mass is 16.5. The SMILES string of the molecule is COc1ccc(CNc2nc3ccccc3o2)c(OC)c1. The van der Waals surface area contributed by atoms with E-state index < -0.39 is 0 Å². The maximum absolute atomic E-state index is 5.62. The fourth-order valence-electron chi connectivity index (χ4n) is 2.12. The summed E-state index contributed by atoms with van der Waals surface area (Å²) in [6.07, 6.45) is 0. The molecular formula is C16H16N2O3. The molecule has 5 heteroatoms. The highest BCUT2D eigenvalue weighted by molar-refractivity contribution is 5.74. The van der Waals surface area contributed by atoms with Crippen LogP contribution in [0.15, 0.2) is 46.9 Å². The van der Waals surface area contributed by atoms with Crippen LogP contribution in [-0.2, 0) is 6.54 Å². The van der Waals surface area contributed by atoms with E-state index in [9.17, 15) is 0 Å². The third-order valence-corrected chi connectivity index (χ3v) is 3.22. The highest BCUT2D eigenvalue weighted by Crippen LogP contribution is 2.26. The normalized spacial score (nSPS) is 10.6. The molecule has 0 spiro atoms. The molecule has 0 saturated carbocycles. The summed E-state index contributed by atoms with van der Waals surface area (Å²) < 4.78 is 16.2. The van der Waals surface area contributed by atoms with Gasteiger partial charge in [-0.3, -0.25) is 0 Å². The first-order chi connectivity index (χ1) is 10.3. The molecule has 3 aromatic rings. The Morgan fingerprint density at radius 3 is 2.71 bits per heavy atom. The molecule has 0 amide bonds. The highest BCUT2D eigenvalue weighted by Gasteiger charge is 2.08. The van der Waals surface area contributed by atoms with Crippen molar-refractivity contribution in [3.05, 3.63) is 48.0 Å². The lowest BCUT2D eigenvalue weighted by molar-refractivity contribution is 0.391. The van der Waals surface area contributed by atoms with Crippen LogP contribution in [0.25, 0.3) is 11.1 Å². The van der Waals surface area contributed by atoms with E-state index in [0.29, 0.717) is 12.6 Å². The minimum absolute atomic E-state index is 0.495. The molecule has 1 heterocycles. The number of nitrogens with zero attached hydrogens (tertiary/aromatic N) is 1. The maximum Gasteiger partial charge on any atom is 0.295 e. The van der Waals surface area contributed by atoms with Gasteiger partial charge in [0.2, 0.25) is 0 Å². The number of oxazole rings is 1. The van der Waals surface area contributed by atoms with Crippen LogP contribution >= 0.6 is 0 Å². The minimum atomic E-state index is 0.495. The molecule has 0 atom stereocenters. The predicted octanol–water partition coefficient (Wildman–Crippen LogP) is 3.46. The standard InChI is InChI=1S/C16H16N2O3/c1-19-12-8-7-11(15(9-12)20-2)10-17-16-18-13-5-3-4-6-14(13)21-16/h3-9H,10H2,1-2H3,(H,17,18). The van der Waals surface area contributed by atoms with Crippen molar-refractivity contribution in [3.8, 4) is 11.5 Å². The number of hydrogen-bond acceptors (Lipinski definition) is 5. The van der Waals surface area contributed by atoms with Crippen LogP contribution in [-0.4, -0.2) is 19.2 Å². The molecule has 5 nitrogen and oxygen atoms in total. The summed E-state index contributed by atoms with van der Waals surface area (Å²) in [5, 5.41) is 3.16. The van der Waals surface area contributed by atoms with Gasteiger partial charge < -0.3 is 19.2 Å². The van der Waals surface area contributed by atoms with Crippen molar-refractivity contribution in [2.75, 3.05) is 19.5 Å². The molecule has 21 heavy (non-hydrogen) atoms. The summed E-state index contributed by atoms with van der Waals surface area (Å²) in [6, 6.07) is 13.8. The lowest BCUT2D eigenvalue weighted by Gasteiger charge is -2.10. The van der Waals surface area contributed by atoms with Gasteiger partial charge in [0, 0.05) is 18.2 Å². The molecular weight excluding hydrogens is 268 g/mol. The summed E-state index contributed by atoms with van der Waals surface area (Å²) in [5.74, 6) is 1.52. The number of aromatic nitrogens is 1. The van der Waals surface area contributed by atoms with E-state index in [-0.39, 0.29) is 0 Å². The van der Waals surface area contributed by atoms with Gasteiger partial charge in [-0.05, 0) is 24.3 Å². The van der Waals surface area contributed by atoms with Gasteiger partial charge in [0.15, 0.2) is 5.58 Å². The zero-order valence-electron chi connectivity index (χ0n) is 11.9. The number of hydrogen-bond donors (Lipinski definition) is 1. The van der Waals surface area contributed by atoms with Gasteiger partial charge in [-0.1, -0.05) is 12.1 Å². The number of ether oxygens (including phenoxy) is 2. The third-order valence-electron chi connectivity index (χ3n) is 3.22. The smallest absolute Gasteiger partial charge is 0.295 e. The molecule has 0 aliphatic heterocycles. The summed E-state index contributed by atoms with van der Waals surface area (Å²) in [5.41, 5.74) is 2.60. The van der Waals surface area contributed by atoms with E-state index in [4.69, 9.17) is 13.9 Å². The molecule has 0 radical (unpaired) electrons. The van der Waals surface area contributed by atoms with Crippen molar-refractivity contribution in [2.45, 2.75) is 6.54 Å². The molecule has 0 unspecified atom stereocenters. The first kappa shape index (κ1) is 13.3. The lowest BCUT2D eigenvalue weighted by atomic mass is 10.2. The fraction of sp³-hybridized carbons (Fsp3) is 0.188. The van der Waals surface area contributed by atoms with E-state index in [0.717, 1.165) is 28.2 Å². The average Bonchev–Trinajstić information content (AvgIpc) is 2.95. The number of benzene rings is 2. The molecule has 0 fully saturated rings. The van der Waals surface area contributed by atoms with Gasteiger partial charge in [0.05, 0.1) is 14.2 Å². The van der Waals surface area contributed by atoms with Crippen molar-refractivity contribution in [2.24, 2.45) is 0 Å². The first-order valence-corrected chi connectivity index (χ1v) is 6.60. The van der Waals surface area contributed by atoms with Gasteiger partial charge in [0.1, 0.15) is 17.0 Å². The Bertz CT molecular complexity index is 719. The topological polar surface area (TPSA) is 56.5 Å². The van der Waals surface area contributed by atoms with Crippen LogP contribution in [0.1, 0.15) is 5.56 Å². The molecule has 0 aliphatic carbocycles. The van der Waals surface area contributed by atoms with Gasteiger partial charge in [-0.15, -0.1) is 0 Å². The summed E-state index contributed by atoms with van der Waals surface area (Å²) in [7, 11) is 3.27. The van der Waals surface area contributed by atoms with Crippen molar-refractivity contribution in [3.63, 3.8) is 0 Å². The second-order valence-electron chi connectivity index (χ2n) is 4.52.